The smallest absolute Gasteiger partial charge is 0.288 e. The van der Waals surface area contributed by atoms with E-state index in [0.717, 1.165) is 12.1 Å². The summed E-state index contributed by atoms with van der Waals surface area (Å²) in [4.78, 5) is 10.2. The van der Waals surface area contributed by atoms with Gasteiger partial charge in [-0.3, -0.25) is 10.1 Å². The molecule has 0 radical (unpaired) electrons. The Hall–Kier alpha value is -1.39. The van der Waals surface area contributed by atoms with E-state index in [2.05, 4.69) is 11.4 Å². The highest BCUT2D eigenvalue weighted by Gasteiger charge is 2.12. The lowest BCUT2D eigenvalue weighted by Gasteiger charge is -2.03. The Morgan fingerprint density at radius 2 is 2.24 bits per heavy atom. The highest BCUT2D eigenvalue weighted by molar-refractivity contribution is 6.32. The van der Waals surface area contributed by atoms with Gasteiger partial charge in [0.05, 0.1) is 4.92 Å². The fourth-order valence-electron chi connectivity index (χ4n) is 1.30. The van der Waals surface area contributed by atoms with Crippen LogP contribution in [0.25, 0.3) is 0 Å². The Labute approximate surface area is 105 Å². The second-order valence-electron chi connectivity index (χ2n) is 3.96. The van der Waals surface area contributed by atoms with Crippen LogP contribution in [0.2, 0.25) is 5.02 Å². The molecule has 0 saturated heterocycles. The summed E-state index contributed by atoms with van der Waals surface area (Å²) >= 11 is 5.72. The van der Waals surface area contributed by atoms with Gasteiger partial charge < -0.3 is 5.32 Å². The van der Waals surface area contributed by atoms with E-state index in [1.165, 1.54) is 11.6 Å². The predicted octanol–water partition coefficient (Wildman–Crippen LogP) is 3.30. The average molecular weight is 255 g/mol. The van der Waals surface area contributed by atoms with Crippen molar-refractivity contribution < 1.29 is 4.92 Å². The molecule has 0 fully saturated rings. The van der Waals surface area contributed by atoms with Gasteiger partial charge >= 0.3 is 0 Å². The molecule has 0 spiro atoms. The number of nitro groups is 1. The molecule has 17 heavy (non-hydrogen) atoms. The number of hydrogen-bond acceptors (Lipinski definition) is 3. The number of nitrogens with zero attached hydrogens (tertiary/aromatic N) is 1. The first kappa shape index (κ1) is 13.7. The van der Waals surface area contributed by atoms with E-state index in [-0.39, 0.29) is 10.7 Å². The van der Waals surface area contributed by atoms with E-state index in [4.69, 9.17) is 11.6 Å². The van der Waals surface area contributed by atoms with Gasteiger partial charge in [0, 0.05) is 19.2 Å². The maximum Gasteiger partial charge on any atom is 0.288 e. The molecule has 0 aliphatic carbocycles. The third-order valence-electron chi connectivity index (χ3n) is 2.19. The number of benzene rings is 1. The van der Waals surface area contributed by atoms with Crippen molar-refractivity contribution in [3.05, 3.63) is 50.5 Å². The quantitative estimate of drug-likeness (QED) is 0.380. The molecule has 0 unspecified atom stereocenters. The van der Waals surface area contributed by atoms with Crippen LogP contribution < -0.4 is 5.32 Å². The van der Waals surface area contributed by atoms with Crippen LogP contribution in [-0.2, 0) is 6.54 Å². The Kier molecular flexibility index (Phi) is 5.12. The molecule has 0 aliphatic heterocycles. The summed E-state index contributed by atoms with van der Waals surface area (Å²) in [5.41, 5.74) is 2.04. The molecular formula is C12H15ClN2O2. The standard InChI is InChI=1S/C12H15ClN2O2/c1-9(2)5-6-14-8-10-3-4-11(13)12(7-10)15(16)17/h3-5,7,14H,6,8H2,1-2H3. The Bertz CT molecular complexity index is 440. The molecule has 0 atom stereocenters. The maximum absolute atomic E-state index is 10.7. The van der Waals surface area contributed by atoms with Gasteiger partial charge in [0.15, 0.2) is 0 Å². The number of allylic oxidation sites excluding steroid dienone is 1. The Balaban J connectivity index is 2.63. The van der Waals surface area contributed by atoms with E-state index in [0.29, 0.717) is 6.54 Å². The van der Waals surface area contributed by atoms with Crippen molar-refractivity contribution in [1.29, 1.82) is 0 Å². The van der Waals surface area contributed by atoms with Crippen LogP contribution in [0, 0.1) is 10.1 Å². The van der Waals surface area contributed by atoms with Gasteiger partial charge in [-0.2, -0.15) is 0 Å². The van der Waals surface area contributed by atoms with E-state index in [9.17, 15) is 10.1 Å². The first-order chi connectivity index (χ1) is 8.00. The summed E-state index contributed by atoms with van der Waals surface area (Å²) in [6, 6.07) is 4.83. The molecule has 0 aromatic heterocycles. The molecule has 0 saturated carbocycles. The van der Waals surface area contributed by atoms with Crippen LogP contribution in [0.3, 0.4) is 0 Å². The molecule has 0 aliphatic rings. The summed E-state index contributed by atoms with van der Waals surface area (Å²) in [6.07, 6.45) is 2.06. The number of rotatable bonds is 5. The molecule has 1 N–H and O–H groups in total. The van der Waals surface area contributed by atoms with Crippen LogP contribution in [0.5, 0.6) is 0 Å². The Morgan fingerprint density at radius 3 is 2.82 bits per heavy atom. The molecule has 0 heterocycles. The highest BCUT2D eigenvalue weighted by atomic mass is 35.5. The van der Waals surface area contributed by atoms with Gasteiger partial charge in [0.1, 0.15) is 5.02 Å². The van der Waals surface area contributed by atoms with E-state index in [1.54, 1.807) is 12.1 Å². The monoisotopic (exact) mass is 254 g/mol. The number of nitrogens with one attached hydrogen (secondary N) is 1. The third kappa shape index (κ3) is 4.54. The lowest BCUT2D eigenvalue weighted by molar-refractivity contribution is -0.384. The lowest BCUT2D eigenvalue weighted by Crippen LogP contribution is -2.13. The minimum absolute atomic E-state index is 0.0480. The zero-order chi connectivity index (χ0) is 12.8. The highest BCUT2D eigenvalue weighted by Crippen LogP contribution is 2.24. The topological polar surface area (TPSA) is 55.2 Å². The predicted molar refractivity (Wildman–Crippen MR) is 69.2 cm³/mol. The van der Waals surface area contributed by atoms with Crippen molar-refractivity contribution in [3.63, 3.8) is 0 Å². The van der Waals surface area contributed by atoms with Gasteiger partial charge in [-0.25, -0.2) is 0 Å². The third-order valence-corrected chi connectivity index (χ3v) is 2.51. The summed E-state index contributed by atoms with van der Waals surface area (Å²) in [6.45, 7) is 5.38. The fraction of sp³-hybridized carbons (Fsp3) is 0.333. The van der Waals surface area contributed by atoms with Gasteiger partial charge in [-0.1, -0.05) is 29.3 Å². The van der Waals surface area contributed by atoms with Crippen LogP contribution >= 0.6 is 11.6 Å². The molecule has 1 aromatic carbocycles. The second kappa shape index (κ2) is 6.37. The molecule has 92 valence electrons. The van der Waals surface area contributed by atoms with Crippen LogP contribution in [0.4, 0.5) is 5.69 Å². The van der Waals surface area contributed by atoms with Crippen molar-refractivity contribution in [2.45, 2.75) is 20.4 Å². The molecule has 0 bridgehead atoms. The van der Waals surface area contributed by atoms with Gasteiger partial charge in [-0.15, -0.1) is 0 Å². The minimum atomic E-state index is -0.470. The SMILES string of the molecule is CC(C)=CCNCc1ccc(Cl)c([N+](=O)[O-])c1. The van der Waals surface area contributed by atoms with Crippen molar-refractivity contribution in [2.75, 3.05) is 6.54 Å². The zero-order valence-corrected chi connectivity index (χ0v) is 10.6. The molecule has 0 amide bonds. The number of nitro benzene ring substituents is 1. The molecule has 1 rings (SSSR count). The first-order valence-electron chi connectivity index (χ1n) is 5.27. The molecule has 1 aromatic rings. The van der Waals surface area contributed by atoms with E-state index >= 15 is 0 Å². The van der Waals surface area contributed by atoms with E-state index in [1.807, 2.05) is 13.8 Å². The normalized spacial score (nSPS) is 10.1. The first-order valence-corrected chi connectivity index (χ1v) is 5.65. The van der Waals surface area contributed by atoms with Gasteiger partial charge in [0.25, 0.3) is 5.69 Å². The van der Waals surface area contributed by atoms with Crippen LogP contribution in [0.1, 0.15) is 19.4 Å². The van der Waals surface area contributed by atoms with E-state index < -0.39 is 4.92 Å². The Morgan fingerprint density at radius 1 is 1.53 bits per heavy atom. The molecule has 4 nitrogen and oxygen atoms in total. The number of halogens is 1. The summed E-state index contributed by atoms with van der Waals surface area (Å²) < 4.78 is 0. The maximum atomic E-state index is 10.7. The summed E-state index contributed by atoms with van der Waals surface area (Å²) in [5, 5.41) is 14.0. The zero-order valence-electron chi connectivity index (χ0n) is 9.87. The largest absolute Gasteiger partial charge is 0.309 e. The van der Waals surface area contributed by atoms with Crippen LogP contribution in [-0.4, -0.2) is 11.5 Å². The minimum Gasteiger partial charge on any atom is -0.309 e. The second-order valence-corrected chi connectivity index (χ2v) is 4.36. The summed E-state index contributed by atoms with van der Waals surface area (Å²) in [5.74, 6) is 0. The molecular weight excluding hydrogens is 240 g/mol. The average Bonchev–Trinajstić information content (AvgIpc) is 2.25. The van der Waals surface area contributed by atoms with Gasteiger partial charge in [-0.05, 0) is 25.5 Å². The summed E-state index contributed by atoms with van der Waals surface area (Å²) in [7, 11) is 0. The van der Waals surface area contributed by atoms with Crippen molar-refractivity contribution in [1.82, 2.24) is 5.32 Å². The van der Waals surface area contributed by atoms with Crippen LogP contribution in [0.15, 0.2) is 29.8 Å². The molecule has 5 heteroatoms. The lowest BCUT2D eigenvalue weighted by atomic mass is 10.2. The van der Waals surface area contributed by atoms with Gasteiger partial charge in [0.2, 0.25) is 0 Å². The van der Waals surface area contributed by atoms with Crippen molar-refractivity contribution in [2.24, 2.45) is 0 Å². The van der Waals surface area contributed by atoms with Crippen molar-refractivity contribution in [3.8, 4) is 0 Å². The number of hydrogen-bond donors (Lipinski definition) is 1. The van der Waals surface area contributed by atoms with Crippen molar-refractivity contribution >= 4 is 17.3 Å². The fourth-order valence-corrected chi connectivity index (χ4v) is 1.49.